The summed E-state index contributed by atoms with van der Waals surface area (Å²) in [5.41, 5.74) is 0.861. The number of unbranched alkanes of at least 4 members (excludes halogenated alkanes) is 1. The second-order valence-corrected chi connectivity index (χ2v) is 7.56. The molecule has 0 spiro atoms. The van der Waals surface area contributed by atoms with E-state index in [1.165, 1.54) is 7.11 Å². The van der Waals surface area contributed by atoms with Gasteiger partial charge in [0.25, 0.3) is 0 Å². The zero-order valence-corrected chi connectivity index (χ0v) is 19.4. The third kappa shape index (κ3) is 9.54. The van der Waals surface area contributed by atoms with Gasteiger partial charge in [-0.1, -0.05) is 18.2 Å². The summed E-state index contributed by atoms with van der Waals surface area (Å²) in [6.45, 7) is 5.64. The Morgan fingerprint density at radius 1 is 1.41 bits per heavy atom. The molecule has 0 saturated heterocycles. The number of hydrogen-bond donors (Lipinski definition) is 2. The topological polar surface area (TPSA) is 83.0 Å². The minimum atomic E-state index is -3.54. The van der Waals surface area contributed by atoms with E-state index in [1.54, 1.807) is 25.2 Å². The van der Waals surface area contributed by atoms with Gasteiger partial charge in [0.1, 0.15) is 0 Å². The molecule has 0 aliphatic carbocycles. The molecule has 1 aromatic rings. The van der Waals surface area contributed by atoms with Crippen LogP contribution >= 0.6 is 24.0 Å². The van der Waals surface area contributed by atoms with E-state index in [1.807, 2.05) is 24.1 Å². The molecule has 0 bridgehead atoms. The third-order valence-electron chi connectivity index (χ3n) is 3.73. The fourth-order valence-corrected chi connectivity index (χ4v) is 3.41. The zero-order chi connectivity index (χ0) is 19.4. The molecule has 0 heterocycles. The summed E-state index contributed by atoms with van der Waals surface area (Å²) in [6, 6.07) is 6.85. The highest BCUT2D eigenvalue weighted by Crippen LogP contribution is 2.11. The monoisotopic (exact) mass is 510 g/mol. The summed E-state index contributed by atoms with van der Waals surface area (Å²) in [5.74, 6) is 0.764. The number of methoxy groups -OCH3 is 1. The van der Waals surface area contributed by atoms with Crippen LogP contribution in [0.3, 0.4) is 0 Å². The molecule has 7 nitrogen and oxygen atoms in total. The van der Waals surface area contributed by atoms with Crippen LogP contribution in [0.1, 0.15) is 18.4 Å². The van der Waals surface area contributed by atoms with Gasteiger partial charge in [-0.05, 0) is 30.5 Å². The van der Waals surface area contributed by atoms with Crippen molar-refractivity contribution >= 4 is 40.0 Å². The van der Waals surface area contributed by atoms with E-state index in [2.05, 4.69) is 21.6 Å². The lowest BCUT2D eigenvalue weighted by atomic mass is 10.2. The molecule has 27 heavy (non-hydrogen) atoms. The fourth-order valence-electron chi connectivity index (χ4n) is 2.33. The van der Waals surface area contributed by atoms with Crippen molar-refractivity contribution in [3.8, 4) is 0 Å². The Hall–Kier alpha value is -1.17. The van der Waals surface area contributed by atoms with Crippen molar-refractivity contribution < 1.29 is 13.2 Å². The summed E-state index contributed by atoms with van der Waals surface area (Å²) < 4.78 is 31.9. The standard InChI is InChI=1S/C18H30N4O3S.HI/c1-5-6-7-12-22(3)18(19-2)20-15-16-9-8-10-17(14-16)26(23,24)21-11-13-25-4;/h5,8-10,14,21H,1,6-7,11-13,15H2,2-4H3,(H,19,20);1H. The highest BCUT2D eigenvalue weighted by Gasteiger charge is 2.14. The SMILES string of the molecule is C=CCCCN(C)C(=NC)NCc1cccc(S(=O)(=O)NCCOC)c1.I. The number of sulfonamides is 1. The molecule has 0 saturated carbocycles. The maximum Gasteiger partial charge on any atom is 0.240 e. The van der Waals surface area contributed by atoms with Crippen LogP contribution in [-0.4, -0.2) is 60.2 Å². The number of rotatable bonds is 11. The number of benzene rings is 1. The molecule has 1 rings (SSSR count). The number of halogens is 1. The zero-order valence-electron chi connectivity index (χ0n) is 16.3. The number of guanidine groups is 1. The molecule has 1 aromatic carbocycles. The molecule has 0 unspecified atom stereocenters. The van der Waals surface area contributed by atoms with Crippen molar-refractivity contribution in [2.45, 2.75) is 24.3 Å². The molecule has 2 N–H and O–H groups in total. The van der Waals surface area contributed by atoms with Crippen molar-refractivity contribution in [1.82, 2.24) is 14.9 Å². The van der Waals surface area contributed by atoms with Gasteiger partial charge in [0.05, 0.1) is 11.5 Å². The molecular formula is C18H31IN4O3S. The first kappa shape index (κ1) is 25.8. The van der Waals surface area contributed by atoms with E-state index in [4.69, 9.17) is 4.74 Å². The Bertz CT molecular complexity index is 696. The first-order valence-corrected chi connectivity index (χ1v) is 10.0. The van der Waals surface area contributed by atoms with Gasteiger partial charge < -0.3 is 15.0 Å². The van der Waals surface area contributed by atoms with Gasteiger partial charge >= 0.3 is 0 Å². The quantitative estimate of drug-likeness (QED) is 0.157. The van der Waals surface area contributed by atoms with Crippen LogP contribution in [0.15, 0.2) is 46.8 Å². The number of nitrogens with zero attached hydrogens (tertiary/aromatic N) is 2. The Morgan fingerprint density at radius 3 is 2.78 bits per heavy atom. The Labute approximate surface area is 180 Å². The predicted octanol–water partition coefficient (Wildman–Crippen LogP) is 2.20. The fraction of sp³-hybridized carbons (Fsp3) is 0.500. The average Bonchev–Trinajstić information content (AvgIpc) is 2.63. The summed E-state index contributed by atoms with van der Waals surface area (Å²) >= 11 is 0. The van der Waals surface area contributed by atoms with E-state index in [0.29, 0.717) is 13.2 Å². The summed E-state index contributed by atoms with van der Waals surface area (Å²) in [4.78, 5) is 6.54. The molecule has 0 atom stereocenters. The van der Waals surface area contributed by atoms with Crippen LogP contribution in [0.2, 0.25) is 0 Å². The van der Waals surface area contributed by atoms with Crippen molar-refractivity contribution in [2.75, 3.05) is 40.9 Å². The molecule has 0 aliphatic heterocycles. The molecule has 0 radical (unpaired) electrons. The number of allylic oxidation sites excluding steroid dienone is 1. The maximum absolute atomic E-state index is 12.3. The lowest BCUT2D eigenvalue weighted by Crippen LogP contribution is -2.39. The van der Waals surface area contributed by atoms with E-state index in [9.17, 15) is 8.42 Å². The summed E-state index contributed by atoms with van der Waals surface area (Å²) in [6.07, 6.45) is 3.86. The van der Waals surface area contributed by atoms with E-state index < -0.39 is 10.0 Å². The highest BCUT2D eigenvalue weighted by atomic mass is 127. The molecule has 154 valence electrons. The van der Waals surface area contributed by atoms with Gasteiger partial charge in [-0.2, -0.15) is 0 Å². The average molecular weight is 510 g/mol. The molecule has 0 amide bonds. The van der Waals surface area contributed by atoms with Crippen LogP contribution < -0.4 is 10.0 Å². The molecule has 0 aromatic heterocycles. The van der Waals surface area contributed by atoms with Crippen molar-refractivity contribution in [2.24, 2.45) is 4.99 Å². The van der Waals surface area contributed by atoms with Crippen LogP contribution in [0.25, 0.3) is 0 Å². The van der Waals surface area contributed by atoms with Crippen molar-refractivity contribution in [3.05, 3.63) is 42.5 Å². The van der Waals surface area contributed by atoms with Gasteiger partial charge in [0, 0.05) is 40.8 Å². The minimum absolute atomic E-state index is 0. The normalized spacial score (nSPS) is 11.6. The number of aliphatic imine (C=N–C) groups is 1. The van der Waals surface area contributed by atoms with Crippen LogP contribution in [0.5, 0.6) is 0 Å². The lowest BCUT2D eigenvalue weighted by Gasteiger charge is -2.22. The number of hydrogen-bond acceptors (Lipinski definition) is 4. The molecule has 9 heteroatoms. The van der Waals surface area contributed by atoms with E-state index in [0.717, 1.165) is 30.9 Å². The van der Waals surface area contributed by atoms with Gasteiger partial charge in [0.15, 0.2) is 5.96 Å². The van der Waals surface area contributed by atoms with Crippen LogP contribution in [-0.2, 0) is 21.3 Å². The Balaban J connectivity index is 0.00000676. The van der Waals surface area contributed by atoms with Gasteiger partial charge in [0.2, 0.25) is 10.0 Å². The van der Waals surface area contributed by atoms with Crippen molar-refractivity contribution in [3.63, 3.8) is 0 Å². The lowest BCUT2D eigenvalue weighted by molar-refractivity contribution is 0.204. The highest BCUT2D eigenvalue weighted by molar-refractivity contribution is 14.0. The van der Waals surface area contributed by atoms with Crippen molar-refractivity contribution in [1.29, 1.82) is 0 Å². The molecule has 0 aliphatic rings. The van der Waals surface area contributed by atoms with Gasteiger partial charge in [-0.15, -0.1) is 30.6 Å². The minimum Gasteiger partial charge on any atom is -0.383 e. The smallest absolute Gasteiger partial charge is 0.240 e. The van der Waals surface area contributed by atoms with Gasteiger partial charge in [-0.3, -0.25) is 4.99 Å². The Kier molecular flexibility index (Phi) is 13.3. The first-order chi connectivity index (χ1) is 12.4. The first-order valence-electron chi connectivity index (χ1n) is 8.54. The van der Waals surface area contributed by atoms with Gasteiger partial charge in [-0.25, -0.2) is 13.1 Å². The number of nitrogens with one attached hydrogen (secondary N) is 2. The molecular weight excluding hydrogens is 479 g/mol. The largest absolute Gasteiger partial charge is 0.383 e. The van der Waals surface area contributed by atoms with E-state index >= 15 is 0 Å². The maximum atomic E-state index is 12.3. The summed E-state index contributed by atoms with van der Waals surface area (Å²) in [7, 11) is 1.69. The molecule has 0 fully saturated rings. The third-order valence-corrected chi connectivity index (χ3v) is 5.19. The predicted molar refractivity (Wildman–Crippen MR) is 121 cm³/mol. The second kappa shape index (κ2) is 13.9. The number of ether oxygens (including phenoxy) is 1. The summed E-state index contributed by atoms with van der Waals surface area (Å²) in [5, 5.41) is 3.26. The Morgan fingerprint density at radius 2 is 2.15 bits per heavy atom. The van der Waals surface area contributed by atoms with E-state index in [-0.39, 0.29) is 35.4 Å². The second-order valence-electron chi connectivity index (χ2n) is 5.79. The van der Waals surface area contributed by atoms with Crippen LogP contribution in [0, 0.1) is 0 Å². The van der Waals surface area contributed by atoms with Crippen LogP contribution in [0.4, 0.5) is 0 Å².